The van der Waals surface area contributed by atoms with Crippen LogP contribution in [0.1, 0.15) is 123 Å². The summed E-state index contributed by atoms with van der Waals surface area (Å²) in [4.78, 5) is 24.2. The lowest BCUT2D eigenvalue weighted by Gasteiger charge is -2.28. The van der Waals surface area contributed by atoms with Crippen LogP contribution in [0.15, 0.2) is 0 Å². The Hall–Kier alpha value is -1.06. The highest BCUT2D eigenvalue weighted by Gasteiger charge is 2.37. The van der Waals surface area contributed by atoms with Gasteiger partial charge in [0.25, 0.3) is 0 Å². The van der Waals surface area contributed by atoms with E-state index in [2.05, 4.69) is 13.8 Å². The van der Waals surface area contributed by atoms with Crippen LogP contribution in [-0.4, -0.2) is 23.1 Å². The van der Waals surface area contributed by atoms with E-state index in [1.807, 2.05) is 0 Å². The fourth-order valence-electron chi connectivity index (χ4n) is 4.35. The first-order chi connectivity index (χ1) is 13.6. The minimum Gasteiger partial charge on any atom is -0.481 e. The summed E-state index contributed by atoms with van der Waals surface area (Å²) < 4.78 is 5.87. The van der Waals surface area contributed by atoms with E-state index < -0.39 is 17.8 Å². The Kier molecular flexibility index (Phi) is 14.1. The summed E-state index contributed by atoms with van der Waals surface area (Å²) >= 11 is 0. The fourth-order valence-corrected chi connectivity index (χ4v) is 4.35. The zero-order valence-electron chi connectivity index (χ0n) is 18.4. The van der Waals surface area contributed by atoms with Gasteiger partial charge in [0.1, 0.15) is 6.10 Å². The van der Waals surface area contributed by atoms with Crippen LogP contribution < -0.4 is 0 Å². The van der Waals surface area contributed by atoms with Gasteiger partial charge in [0.05, 0.1) is 11.8 Å². The summed E-state index contributed by atoms with van der Waals surface area (Å²) in [5.74, 6) is -2.10. The topological polar surface area (TPSA) is 63.6 Å². The molecule has 0 aromatic heterocycles. The molecule has 4 nitrogen and oxygen atoms in total. The second-order valence-corrected chi connectivity index (χ2v) is 8.65. The maximum Gasteiger partial charge on any atom is 0.310 e. The van der Waals surface area contributed by atoms with E-state index in [0.717, 1.165) is 51.4 Å². The van der Waals surface area contributed by atoms with Gasteiger partial charge in [-0.3, -0.25) is 9.59 Å². The summed E-state index contributed by atoms with van der Waals surface area (Å²) in [6.45, 7) is 4.42. The highest BCUT2D eigenvalue weighted by atomic mass is 16.5. The highest BCUT2D eigenvalue weighted by molar-refractivity contribution is 5.81. The maximum atomic E-state index is 12.7. The van der Waals surface area contributed by atoms with Crippen LogP contribution in [0.5, 0.6) is 0 Å². The summed E-state index contributed by atoms with van der Waals surface area (Å²) in [5.41, 5.74) is 0. The smallest absolute Gasteiger partial charge is 0.310 e. The van der Waals surface area contributed by atoms with E-state index in [4.69, 9.17) is 4.74 Å². The Balaban J connectivity index is 2.40. The van der Waals surface area contributed by atoms with Crippen molar-refractivity contribution in [2.75, 3.05) is 0 Å². The highest BCUT2D eigenvalue weighted by Crippen LogP contribution is 2.32. The molecule has 1 fully saturated rings. The molecule has 164 valence electrons. The van der Waals surface area contributed by atoms with Gasteiger partial charge in [-0.05, 0) is 38.5 Å². The third kappa shape index (κ3) is 10.5. The van der Waals surface area contributed by atoms with Crippen LogP contribution in [0.2, 0.25) is 0 Å². The zero-order valence-corrected chi connectivity index (χ0v) is 18.4. The van der Waals surface area contributed by atoms with Gasteiger partial charge in [-0.15, -0.1) is 0 Å². The van der Waals surface area contributed by atoms with Crippen LogP contribution in [0, 0.1) is 11.8 Å². The molecule has 1 N–H and O–H groups in total. The molecular weight excluding hydrogens is 352 g/mol. The molecule has 3 unspecified atom stereocenters. The summed E-state index contributed by atoms with van der Waals surface area (Å²) in [7, 11) is 0. The van der Waals surface area contributed by atoms with Gasteiger partial charge >= 0.3 is 11.9 Å². The summed E-state index contributed by atoms with van der Waals surface area (Å²) in [6, 6.07) is 0. The van der Waals surface area contributed by atoms with E-state index in [9.17, 15) is 14.7 Å². The molecule has 0 aromatic rings. The molecule has 0 radical (unpaired) electrons. The van der Waals surface area contributed by atoms with Crippen molar-refractivity contribution in [3.63, 3.8) is 0 Å². The second kappa shape index (κ2) is 15.8. The largest absolute Gasteiger partial charge is 0.481 e. The number of rotatable bonds is 16. The van der Waals surface area contributed by atoms with E-state index in [1.165, 1.54) is 44.9 Å². The number of carbonyl (C=O) groups excluding carboxylic acids is 1. The Labute approximate surface area is 172 Å². The van der Waals surface area contributed by atoms with Gasteiger partial charge in [0.2, 0.25) is 0 Å². The van der Waals surface area contributed by atoms with Gasteiger partial charge in [-0.25, -0.2) is 0 Å². The average Bonchev–Trinajstić information content (AvgIpc) is 2.69. The number of hydrogen-bond donors (Lipinski definition) is 1. The second-order valence-electron chi connectivity index (χ2n) is 8.65. The molecule has 4 heteroatoms. The molecule has 1 aliphatic carbocycles. The molecule has 1 saturated carbocycles. The van der Waals surface area contributed by atoms with Crippen LogP contribution in [-0.2, 0) is 14.3 Å². The van der Waals surface area contributed by atoms with Crippen molar-refractivity contribution >= 4 is 11.9 Å². The number of unbranched alkanes of at least 4 members (excludes halogenated alkanes) is 9. The van der Waals surface area contributed by atoms with Gasteiger partial charge in [0.15, 0.2) is 0 Å². The molecular formula is C24H44O4. The Morgan fingerprint density at radius 3 is 1.82 bits per heavy atom. The van der Waals surface area contributed by atoms with Gasteiger partial charge in [-0.2, -0.15) is 0 Å². The lowest BCUT2D eigenvalue weighted by atomic mass is 9.79. The third-order valence-corrected chi connectivity index (χ3v) is 6.18. The van der Waals surface area contributed by atoms with Crippen LogP contribution in [0.3, 0.4) is 0 Å². The Morgan fingerprint density at radius 2 is 1.25 bits per heavy atom. The summed E-state index contributed by atoms with van der Waals surface area (Å²) in [5, 5.41) is 9.44. The van der Waals surface area contributed by atoms with Crippen LogP contribution >= 0.6 is 0 Å². The third-order valence-electron chi connectivity index (χ3n) is 6.18. The first-order valence-electron chi connectivity index (χ1n) is 12.0. The number of aliphatic carboxylic acids is 1. The average molecular weight is 397 g/mol. The molecule has 0 saturated heterocycles. The molecule has 28 heavy (non-hydrogen) atoms. The number of carbonyl (C=O) groups is 2. The quantitative estimate of drug-likeness (QED) is 0.228. The SMILES string of the molecule is CCCCCCCCCCC(CCCCC)OC(=O)C1CCCCC1C(=O)O. The Bertz CT molecular complexity index is 421. The predicted octanol–water partition coefficient (Wildman–Crippen LogP) is 6.90. The minimum atomic E-state index is -0.841. The zero-order chi connectivity index (χ0) is 20.6. The van der Waals surface area contributed by atoms with E-state index in [-0.39, 0.29) is 12.1 Å². The van der Waals surface area contributed by atoms with E-state index >= 15 is 0 Å². The molecule has 1 rings (SSSR count). The first-order valence-corrected chi connectivity index (χ1v) is 12.0. The van der Waals surface area contributed by atoms with Gasteiger partial charge in [-0.1, -0.05) is 84.5 Å². The molecule has 0 amide bonds. The number of carboxylic acid groups (broad SMARTS) is 1. The number of hydrogen-bond acceptors (Lipinski definition) is 3. The fraction of sp³-hybridized carbons (Fsp3) is 0.917. The van der Waals surface area contributed by atoms with Crippen molar-refractivity contribution in [3.8, 4) is 0 Å². The standard InChI is InChI=1S/C24H44O4/c1-3-5-7-8-9-10-11-13-17-20(16-12-6-4-2)28-24(27)22-19-15-14-18-21(22)23(25)26/h20-22H,3-19H2,1-2H3,(H,25,26). The Morgan fingerprint density at radius 1 is 0.786 bits per heavy atom. The maximum absolute atomic E-state index is 12.7. The monoisotopic (exact) mass is 396 g/mol. The van der Waals surface area contributed by atoms with Gasteiger partial charge in [0, 0.05) is 0 Å². The normalized spacial score (nSPS) is 20.6. The van der Waals surface area contributed by atoms with Gasteiger partial charge < -0.3 is 9.84 Å². The van der Waals surface area contributed by atoms with E-state index in [0.29, 0.717) is 12.8 Å². The molecule has 0 bridgehead atoms. The molecule has 3 atom stereocenters. The van der Waals surface area contributed by atoms with Crippen molar-refractivity contribution in [1.29, 1.82) is 0 Å². The summed E-state index contributed by atoms with van der Waals surface area (Å²) in [6.07, 6.45) is 18.5. The number of ether oxygens (including phenoxy) is 1. The van der Waals surface area contributed by atoms with Crippen molar-refractivity contribution in [3.05, 3.63) is 0 Å². The van der Waals surface area contributed by atoms with E-state index in [1.54, 1.807) is 0 Å². The molecule has 0 aliphatic heterocycles. The first kappa shape index (κ1) is 25.0. The minimum absolute atomic E-state index is 0.0319. The van der Waals surface area contributed by atoms with Crippen molar-refractivity contribution in [1.82, 2.24) is 0 Å². The lowest BCUT2D eigenvalue weighted by molar-refractivity contribution is -0.164. The van der Waals surface area contributed by atoms with Crippen LogP contribution in [0.25, 0.3) is 0 Å². The van der Waals surface area contributed by atoms with Crippen molar-refractivity contribution in [2.24, 2.45) is 11.8 Å². The number of esters is 1. The molecule has 0 heterocycles. The van der Waals surface area contributed by atoms with Crippen molar-refractivity contribution in [2.45, 2.75) is 129 Å². The lowest BCUT2D eigenvalue weighted by Crippen LogP contribution is -2.35. The molecule has 0 spiro atoms. The molecule has 1 aliphatic rings. The van der Waals surface area contributed by atoms with Crippen molar-refractivity contribution < 1.29 is 19.4 Å². The molecule has 0 aromatic carbocycles. The van der Waals surface area contributed by atoms with Crippen LogP contribution in [0.4, 0.5) is 0 Å². The predicted molar refractivity (Wildman–Crippen MR) is 114 cm³/mol. The number of carboxylic acids is 1.